The van der Waals surface area contributed by atoms with Gasteiger partial charge in [0, 0.05) is 0 Å². The molecule has 19 heavy (non-hydrogen) atoms. The van der Waals surface area contributed by atoms with E-state index >= 15 is 0 Å². The van der Waals surface area contributed by atoms with Crippen LogP contribution in [0.3, 0.4) is 0 Å². The monoisotopic (exact) mass is 265 g/mol. The molecule has 0 aromatic carbocycles. The standard InChI is InChI=1S/C14H23N3O2/c1-11(2)19-14-10-16-9-13(17-14)18-7-5-12-4-3-6-15-8-12/h9-12,15H,3-8H2,1-2H3. The van der Waals surface area contributed by atoms with E-state index in [-0.39, 0.29) is 6.10 Å². The van der Waals surface area contributed by atoms with Gasteiger partial charge in [-0.15, -0.1) is 0 Å². The normalized spacial score (nSPS) is 19.4. The van der Waals surface area contributed by atoms with Crippen LogP contribution in [0.1, 0.15) is 33.1 Å². The first kappa shape index (κ1) is 14.1. The van der Waals surface area contributed by atoms with Crippen molar-refractivity contribution in [3.05, 3.63) is 12.4 Å². The number of piperidine rings is 1. The summed E-state index contributed by atoms with van der Waals surface area (Å²) in [4.78, 5) is 8.35. The third-order valence-corrected chi connectivity index (χ3v) is 3.12. The Labute approximate surface area is 114 Å². The molecule has 1 aromatic heterocycles. The van der Waals surface area contributed by atoms with Crippen molar-refractivity contribution < 1.29 is 9.47 Å². The van der Waals surface area contributed by atoms with Crippen molar-refractivity contribution in [2.75, 3.05) is 19.7 Å². The largest absolute Gasteiger partial charge is 0.476 e. The molecule has 0 amide bonds. The maximum atomic E-state index is 5.65. The van der Waals surface area contributed by atoms with Crippen molar-refractivity contribution in [2.24, 2.45) is 5.92 Å². The van der Waals surface area contributed by atoms with Gasteiger partial charge >= 0.3 is 0 Å². The summed E-state index contributed by atoms with van der Waals surface area (Å²) in [6.45, 7) is 6.87. The zero-order chi connectivity index (χ0) is 13.5. The molecule has 1 atom stereocenters. The van der Waals surface area contributed by atoms with E-state index in [1.807, 2.05) is 13.8 Å². The lowest BCUT2D eigenvalue weighted by Crippen LogP contribution is -2.30. The molecule has 106 valence electrons. The number of nitrogens with zero attached hydrogens (tertiary/aromatic N) is 2. The second kappa shape index (κ2) is 7.28. The number of hydrogen-bond donors (Lipinski definition) is 1. The Bertz CT molecular complexity index is 379. The molecule has 1 saturated heterocycles. The van der Waals surface area contributed by atoms with E-state index < -0.39 is 0 Å². The Kier molecular flexibility index (Phi) is 5.39. The molecule has 1 aliphatic rings. The SMILES string of the molecule is CC(C)Oc1cncc(OCCC2CCCNC2)n1. The zero-order valence-electron chi connectivity index (χ0n) is 11.8. The molecule has 1 aliphatic heterocycles. The lowest BCUT2D eigenvalue weighted by molar-refractivity contribution is 0.218. The minimum absolute atomic E-state index is 0.0952. The molecule has 0 spiro atoms. The maximum Gasteiger partial charge on any atom is 0.235 e. The number of ether oxygens (including phenoxy) is 2. The molecule has 0 aliphatic carbocycles. The van der Waals surface area contributed by atoms with Crippen LogP contribution in [0.5, 0.6) is 11.8 Å². The van der Waals surface area contributed by atoms with Gasteiger partial charge in [-0.25, -0.2) is 0 Å². The summed E-state index contributed by atoms with van der Waals surface area (Å²) in [5.74, 6) is 1.78. The summed E-state index contributed by atoms with van der Waals surface area (Å²) in [6.07, 6.45) is 6.95. The van der Waals surface area contributed by atoms with Crippen LogP contribution in [0, 0.1) is 5.92 Å². The fraction of sp³-hybridized carbons (Fsp3) is 0.714. The Hall–Kier alpha value is -1.36. The molecule has 1 fully saturated rings. The average Bonchev–Trinajstić information content (AvgIpc) is 2.40. The third-order valence-electron chi connectivity index (χ3n) is 3.12. The van der Waals surface area contributed by atoms with Crippen molar-refractivity contribution >= 4 is 0 Å². The first-order valence-corrected chi connectivity index (χ1v) is 7.06. The maximum absolute atomic E-state index is 5.65. The Morgan fingerprint density at radius 1 is 1.37 bits per heavy atom. The van der Waals surface area contributed by atoms with E-state index in [2.05, 4.69) is 15.3 Å². The first-order chi connectivity index (χ1) is 9.24. The van der Waals surface area contributed by atoms with Crippen molar-refractivity contribution in [3.63, 3.8) is 0 Å². The molecular weight excluding hydrogens is 242 g/mol. The highest BCUT2D eigenvalue weighted by Crippen LogP contribution is 2.16. The predicted molar refractivity (Wildman–Crippen MR) is 73.5 cm³/mol. The Morgan fingerprint density at radius 2 is 2.21 bits per heavy atom. The quantitative estimate of drug-likeness (QED) is 0.853. The fourth-order valence-corrected chi connectivity index (χ4v) is 2.20. The number of aromatic nitrogens is 2. The van der Waals surface area contributed by atoms with E-state index in [0.29, 0.717) is 18.4 Å². The summed E-state index contributed by atoms with van der Waals surface area (Å²) in [6, 6.07) is 0. The average molecular weight is 265 g/mol. The van der Waals surface area contributed by atoms with E-state index in [1.165, 1.54) is 12.8 Å². The highest BCUT2D eigenvalue weighted by Gasteiger charge is 2.13. The molecule has 2 rings (SSSR count). The number of rotatable bonds is 6. The van der Waals surface area contributed by atoms with Gasteiger partial charge in [0.25, 0.3) is 0 Å². The van der Waals surface area contributed by atoms with E-state index in [4.69, 9.17) is 9.47 Å². The Balaban J connectivity index is 1.75. The molecule has 0 saturated carbocycles. The number of hydrogen-bond acceptors (Lipinski definition) is 5. The van der Waals surface area contributed by atoms with Gasteiger partial charge in [0.15, 0.2) is 0 Å². The van der Waals surface area contributed by atoms with E-state index in [1.54, 1.807) is 12.4 Å². The third kappa shape index (κ3) is 5.03. The lowest BCUT2D eigenvalue weighted by atomic mass is 9.97. The second-order valence-electron chi connectivity index (χ2n) is 5.21. The molecule has 5 heteroatoms. The summed E-state index contributed by atoms with van der Waals surface area (Å²) in [7, 11) is 0. The Morgan fingerprint density at radius 3 is 2.95 bits per heavy atom. The van der Waals surface area contributed by atoms with Crippen LogP contribution in [-0.2, 0) is 0 Å². The van der Waals surface area contributed by atoms with Crippen LogP contribution >= 0.6 is 0 Å². The minimum atomic E-state index is 0.0952. The van der Waals surface area contributed by atoms with Gasteiger partial charge in [0.05, 0.1) is 25.1 Å². The van der Waals surface area contributed by atoms with E-state index in [9.17, 15) is 0 Å². The highest BCUT2D eigenvalue weighted by atomic mass is 16.5. The summed E-state index contributed by atoms with van der Waals surface area (Å²) in [5, 5.41) is 3.41. The molecule has 1 aromatic rings. The van der Waals surface area contributed by atoms with Crippen LogP contribution < -0.4 is 14.8 Å². The van der Waals surface area contributed by atoms with Crippen LogP contribution in [0.2, 0.25) is 0 Å². The first-order valence-electron chi connectivity index (χ1n) is 7.06. The smallest absolute Gasteiger partial charge is 0.235 e. The zero-order valence-corrected chi connectivity index (χ0v) is 11.8. The van der Waals surface area contributed by atoms with Crippen molar-refractivity contribution in [2.45, 2.75) is 39.2 Å². The lowest BCUT2D eigenvalue weighted by Gasteiger charge is -2.22. The van der Waals surface area contributed by atoms with Crippen molar-refractivity contribution in [1.29, 1.82) is 0 Å². The molecular formula is C14H23N3O2. The molecule has 2 heterocycles. The summed E-state index contributed by atoms with van der Waals surface area (Å²) in [5.41, 5.74) is 0. The molecule has 0 bridgehead atoms. The fourth-order valence-electron chi connectivity index (χ4n) is 2.20. The van der Waals surface area contributed by atoms with Gasteiger partial charge in [-0.3, -0.25) is 4.98 Å². The number of nitrogens with one attached hydrogen (secondary N) is 1. The molecule has 1 N–H and O–H groups in total. The molecule has 5 nitrogen and oxygen atoms in total. The topological polar surface area (TPSA) is 56.3 Å². The van der Waals surface area contributed by atoms with Gasteiger partial charge in [0.2, 0.25) is 11.8 Å². The van der Waals surface area contributed by atoms with Crippen LogP contribution in [0.25, 0.3) is 0 Å². The van der Waals surface area contributed by atoms with Crippen LogP contribution in [0.15, 0.2) is 12.4 Å². The molecule has 0 radical (unpaired) electrons. The second-order valence-corrected chi connectivity index (χ2v) is 5.21. The minimum Gasteiger partial charge on any atom is -0.476 e. The summed E-state index contributed by atoms with van der Waals surface area (Å²) >= 11 is 0. The van der Waals surface area contributed by atoms with Crippen LogP contribution in [-0.4, -0.2) is 35.8 Å². The van der Waals surface area contributed by atoms with Crippen molar-refractivity contribution in [3.8, 4) is 11.8 Å². The summed E-state index contributed by atoms with van der Waals surface area (Å²) < 4.78 is 11.1. The van der Waals surface area contributed by atoms with Gasteiger partial charge in [0.1, 0.15) is 0 Å². The molecule has 1 unspecified atom stereocenters. The van der Waals surface area contributed by atoms with Gasteiger partial charge in [-0.2, -0.15) is 4.98 Å². The van der Waals surface area contributed by atoms with Gasteiger partial charge in [-0.1, -0.05) is 0 Å². The van der Waals surface area contributed by atoms with Gasteiger partial charge in [-0.05, 0) is 52.1 Å². The van der Waals surface area contributed by atoms with E-state index in [0.717, 1.165) is 25.4 Å². The highest BCUT2D eigenvalue weighted by molar-refractivity contribution is 5.12. The van der Waals surface area contributed by atoms with Crippen molar-refractivity contribution in [1.82, 2.24) is 15.3 Å². The van der Waals surface area contributed by atoms with Crippen LogP contribution in [0.4, 0.5) is 0 Å². The predicted octanol–water partition coefficient (Wildman–Crippen LogP) is 2.03. The van der Waals surface area contributed by atoms with Gasteiger partial charge < -0.3 is 14.8 Å².